The molecule has 0 saturated carbocycles. The van der Waals surface area contributed by atoms with Crippen LogP contribution in [0.15, 0.2) is 28.7 Å². The minimum Gasteiger partial charge on any atom is -0.285 e. The summed E-state index contributed by atoms with van der Waals surface area (Å²) in [4.78, 5) is 2.04. The second kappa shape index (κ2) is 4.78. The van der Waals surface area contributed by atoms with Crippen molar-refractivity contribution in [1.82, 2.24) is 4.90 Å². The Balaban J connectivity index is 2.76. The summed E-state index contributed by atoms with van der Waals surface area (Å²) < 4.78 is 1.07. The molecule has 1 aromatic carbocycles. The predicted octanol–water partition coefficient (Wildman–Crippen LogP) is 3.18. The lowest BCUT2D eigenvalue weighted by molar-refractivity contribution is 0.203. The third kappa shape index (κ3) is 3.33. The van der Waals surface area contributed by atoms with E-state index in [1.165, 1.54) is 5.56 Å². The Morgan fingerprint density at radius 3 is 2.67 bits per heavy atom. The number of nitrogens with zero attached hydrogens (tertiary/aromatic N) is 2. The van der Waals surface area contributed by atoms with Gasteiger partial charge in [-0.2, -0.15) is 5.26 Å². The van der Waals surface area contributed by atoms with Gasteiger partial charge in [-0.05, 0) is 38.6 Å². The van der Waals surface area contributed by atoms with E-state index < -0.39 is 5.54 Å². The summed E-state index contributed by atoms with van der Waals surface area (Å²) in [5.74, 6) is 0. The SMILES string of the molecule is CN(Cc1cccc(Br)c1)C(C)(C)C#N. The van der Waals surface area contributed by atoms with Crippen molar-refractivity contribution >= 4 is 15.9 Å². The summed E-state index contributed by atoms with van der Waals surface area (Å²) >= 11 is 3.44. The van der Waals surface area contributed by atoms with Gasteiger partial charge in [-0.1, -0.05) is 28.1 Å². The first-order chi connectivity index (χ1) is 6.95. The maximum atomic E-state index is 9.00. The van der Waals surface area contributed by atoms with Crippen LogP contribution in [0.25, 0.3) is 0 Å². The monoisotopic (exact) mass is 266 g/mol. The van der Waals surface area contributed by atoms with E-state index in [-0.39, 0.29) is 0 Å². The first-order valence-corrected chi connectivity index (χ1v) is 5.62. The van der Waals surface area contributed by atoms with E-state index in [4.69, 9.17) is 5.26 Å². The highest BCUT2D eigenvalue weighted by molar-refractivity contribution is 9.10. The zero-order valence-electron chi connectivity index (χ0n) is 9.29. The van der Waals surface area contributed by atoms with Crippen LogP contribution in [-0.4, -0.2) is 17.5 Å². The van der Waals surface area contributed by atoms with Crippen LogP contribution in [0.1, 0.15) is 19.4 Å². The van der Waals surface area contributed by atoms with E-state index in [0.29, 0.717) is 0 Å². The van der Waals surface area contributed by atoms with Crippen molar-refractivity contribution in [2.75, 3.05) is 7.05 Å². The molecule has 0 aliphatic rings. The minimum absolute atomic E-state index is 0.428. The summed E-state index contributed by atoms with van der Waals surface area (Å²) in [7, 11) is 1.96. The molecule has 0 amide bonds. The van der Waals surface area contributed by atoms with E-state index >= 15 is 0 Å². The van der Waals surface area contributed by atoms with E-state index in [1.807, 2.05) is 37.9 Å². The molecular weight excluding hydrogens is 252 g/mol. The molecule has 0 atom stereocenters. The molecule has 0 unspecified atom stereocenters. The van der Waals surface area contributed by atoms with Gasteiger partial charge in [0, 0.05) is 11.0 Å². The van der Waals surface area contributed by atoms with Crippen molar-refractivity contribution in [1.29, 1.82) is 5.26 Å². The Kier molecular flexibility index (Phi) is 3.90. The molecule has 0 spiro atoms. The molecule has 0 saturated heterocycles. The second-order valence-corrected chi connectivity index (χ2v) is 5.07. The molecule has 15 heavy (non-hydrogen) atoms. The summed E-state index contributed by atoms with van der Waals surface area (Å²) in [5.41, 5.74) is 0.776. The average molecular weight is 267 g/mol. The van der Waals surface area contributed by atoms with Crippen LogP contribution < -0.4 is 0 Å². The smallest absolute Gasteiger partial charge is 0.103 e. The zero-order chi connectivity index (χ0) is 11.5. The quantitative estimate of drug-likeness (QED) is 0.841. The Labute approximate surface area is 99.6 Å². The van der Waals surface area contributed by atoms with Gasteiger partial charge in [-0.25, -0.2) is 0 Å². The van der Waals surface area contributed by atoms with Crippen molar-refractivity contribution in [3.63, 3.8) is 0 Å². The van der Waals surface area contributed by atoms with Crippen LogP contribution in [0, 0.1) is 11.3 Å². The lowest BCUT2D eigenvalue weighted by Gasteiger charge is -2.28. The predicted molar refractivity (Wildman–Crippen MR) is 65.3 cm³/mol. The third-order valence-electron chi connectivity index (χ3n) is 2.54. The fourth-order valence-corrected chi connectivity index (χ4v) is 1.64. The molecule has 0 N–H and O–H groups in total. The molecule has 0 aromatic heterocycles. The van der Waals surface area contributed by atoms with Crippen LogP contribution in [0.2, 0.25) is 0 Å². The van der Waals surface area contributed by atoms with E-state index in [2.05, 4.69) is 34.1 Å². The molecule has 0 heterocycles. The van der Waals surface area contributed by atoms with Gasteiger partial charge in [-0.15, -0.1) is 0 Å². The Hall–Kier alpha value is -0.850. The van der Waals surface area contributed by atoms with E-state index in [0.717, 1.165) is 11.0 Å². The molecule has 0 aliphatic heterocycles. The highest BCUT2D eigenvalue weighted by Gasteiger charge is 2.22. The molecule has 0 bridgehead atoms. The number of rotatable bonds is 3. The fraction of sp³-hybridized carbons (Fsp3) is 0.417. The number of nitriles is 1. The number of hydrogen-bond donors (Lipinski definition) is 0. The van der Waals surface area contributed by atoms with Gasteiger partial charge >= 0.3 is 0 Å². The topological polar surface area (TPSA) is 27.0 Å². The van der Waals surface area contributed by atoms with Crippen molar-refractivity contribution in [2.24, 2.45) is 0 Å². The third-order valence-corrected chi connectivity index (χ3v) is 3.03. The van der Waals surface area contributed by atoms with Crippen LogP contribution in [-0.2, 0) is 6.54 Å². The van der Waals surface area contributed by atoms with Gasteiger partial charge in [-0.3, -0.25) is 4.90 Å². The van der Waals surface area contributed by atoms with Gasteiger partial charge < -0.3 is 0 Å². The number of benzene rings is 1. The van der Waals surface area contributed by atoms with Gasteiger partial charge in [0.2, 0.25) is 0 Å². The van der Waals surface area contributed by atoms with Crippen molar-refractivity contribution in [3.05, 3.63) is 34.3 Å². The van der Waals surface area contributed by atoms with Crippen LogP contribution in [0.5, 0.6) is 0 Å². The van der Waals surface area contributed by atoms with Gasteiger partial charge in [0.1, 0.15) is 5.54 Å². The summed E-state index contributed by atoms with van der Waals surface area (Å²) in [5, 5.41) is 9.00. The number of hydrogen-bond acceptors (Lipinski definition) is 2. The van der Waals surface area contributed by atoms with Crippen LogP contribution in [0.4, 0.5) is 0 Å². The average Bonchev–Trinajstić information content (AvgIpc) is 2.17. The standard InChI is InChI=1S/C12H15BrN2/c1-12(2,9-14)15(3)8-10-5-4-6-11(13)7-10/h4-7H,8H2,1-3H3. The highest BCUT2D eigenvalue weighted by atomic mass is 79.9. The molecule has 0 fully saturated rings. The summed E-state index contributed by atoms with van der Waals surface area (Å²) in [6, 6.07) is 10.4. The van der Waals surface area contributed by atoms with Crippen molar-refractivity contribution in [3.8, 4) is 6.07 Å². The molecule has 0 aliphatic carbocycles. The lowest BCUT2D eigenvalue weighted by atomic mass is 10.1. The lowest BCUT2D eigenvalue weighted by Crippen LogP contribution is -2.38. The first-order valence-electron chi connectivity index (χ1n) is 4.82. The molecule has 0 radical (unpaired) electrons. The van der Waals surface area contributed by atoms with Crippen molar-refractivity contribution in [2.45, 2.75) is 25.9 Å². The summed E-state index contributed by atoms with van der Waals surface area (Å²) in [6.45, 7) is 4.62. The minimum atomic E-state index is -0.428. The molecule has 2 nitrogen and oxygen atoms in total. The Bertz CT molecular complexity index is 379. The highest BCUT2D eigenvalue weighted by Crippen LogP contribution is 2.17. The Morgan fingerprint density at radius 1 is 1.47 bits per heavy atom. The van der Waals surface area contributed by atoms with Crippen LogP contribution >= 0.6 is 15.9 Å². The normalized spacial score (nSPS) is 11.5. The molecule has 1 aromatic rings. The van der Waals surface area contributed by atoms with Gasteiger partial charge in [0.05, 0.1) is 6.07 Å². The zero-order valence-corrected chi connectivity index (χ0v) is 10.9. The van der Waals surface area contributed by atoms with Gasteiger partial charge in [0.15, 0.2) is 0 Å². The maximum absolute atomic E-state index is 9.00. The largest absolute Gasteiger partial charge is 0.285 e. The number of halogens is 1. The molecule has 80 valence electrons. The van der Waals surface area contributed by atoms with Gasteiger partial charge in [0.25, 0.3) is 0 Å². The first kappa shape index (κ1) is 12.2. The second-order valence-electron chi connectivity index (χ2n) is 4.16. The summed E-state index contributed by atoms with van der Waals surface area (Å²) in [6.07, 6.45) is 0. The molecular formula is C12H15BrN2. The fourth-order valence-electron chi connectivity index (χ4n) is 1.19. The molecule has 1 rings (SSSR count). The van der Waals surface area contributed by atoms with E-state index in [9.17, 15) is 0 Å². The Morgan fingerprint density at radius 2 is 2.13 bits per heavy atom. The van der Waals surface area contributed by atoms with Crippen molar-refractivity contribution < 1.29 is 0 Å². The van der Waals surface area contributed by atoms with E-state index in [1.54, 1.807) is 0 Å². The van der Waals surface area contributed by atoms with Crippen LogP contribution in [0.3, 0.4) is 0 Å². The molecule has 3 heteroatoms. The maximum Gasteiger partial charge on any atom is 0.103 e.